The van der Waals surface area contributed by atoms with Gasteiger partial charge in [-0.2, -0.15) is 0 Å². The topological polar surface area (TPSA) is 50.2 Å². The van der Waals surface area contributed by atoms with Crippen molar-refractivity contribution in [3.05, 3.63) is 82.9 Å². The van der Waals surface area contributed by atoms with Crippen molar-refractivity contribution in [2.24, 2.45) is 5.92 Å². The van der Waals surface area contributed by atoms with Gasteiger partial charge in [0.15, 0.2) is 0 Å². The maximum Gasteiger partial charge on any atom is 0.257 e. The van der Waals surface area contributed by atoms with Crippen LogP contribution in [0, 0.1) is 19.8 Å². The Labute approximate surface area is 185 Å². The quantitative estimate of drug-likeness (QED) is 0.613. The van der Waals surface area contributed by atoms with E-state index in [1.54, 1.807) is 6.20 Å². The maximum atomic E-state index is 12.9. The number of rotatable bonds is 6. The number of amides is 1. The molecule has 1 saturated heterocycles. The summed E-state index contributed by atoms with van der Waals surface area (Å²) in [4.78, 5) is 19.9. The number of aromatic nitrogens is 2. The van der Waals surface area contributed by atoms with E-state index in [2.05, 4.69) is 38.8 Å². The Morgan fingerprint density at radius 3 is 2.65 bits per heavy atom. The molecule has 1 N–H and O–H groups in total. The highest BCUT2D eigenvalue weighted by molar-refractivity contribution is 6.05. The Hall–Kier alpha value is -2.92. The minimum atomic E-state index is -0.0713. The Balaban J connectivity index is 1.40. The van der Waals surface area contributed by atoms with Gasteiger partial charge in [0.05, 0.1) is 17.8 Å². The van der Waals surface area contributed by atoms with Crippen LogP contribution in [-0.4, -0.2) is 33.4 Å². The average Bonchev–Trinajstić information content (AvgIpc) is 3.04. The van der Waals surface area contributed by atoms with Gasteiger partial charge in [-0.25, -0.2) is 0 Å². The van der Waals surface area contributed by atoms with Crippen LogP contribution in [0.2, 0.25) is 0 Å². The minimum Gasteiger partial charge on any atom is -0.342 e. The largest absolute Gasteiger partial charge is 0.342 e. The second kappa shape index (κ2) is 9.48. The molecule has 0 saturated carbocycles. The molecule has 0 spiro atoms. The molecule has 3 aromatic rings. The molecule has 1 fully saturated rings. The van der Waals surface area contributed by atoms with Crippen LogP contribution < -0.4 is 5.32 Å². The number of carbonyl (C=O) groups is 1. The summed E-state index contributed by atoms with van der Waals surface area (Å²) in [5, 5.41) is 3.06. The molecule has 0 radical (unpaired) electrons. The van der Waals surface area contributed by atoms with Crippen molar-refractivity contribution < 1.29 is 4.79 Å². The van der Waals surface area contributed by atoms with E-state index in [0.717, 1.165) is 35.2 Å². The van der Waals surface area contributed by atoms with Crippen molar-refractivity contribution in [2.45, 2.75) is 46.7 Å². The van der Waals surface area contributed by atoms with Gasteiger partial charge in [-0.15, -0.1) is 0 Å². The predicted octanol–water partition coefficient (Wildman–Crippen LogP) is 5.03. The van der Waals surface area contributed by atoms with E-state index >= 15 is 0 Å². The number of nitrogens with one attached hydrogen (secondary N) is 1. The van der Waals surface area contributed by atoms with E-state index < -0.39 is 0 Å². The fraction of sp³-hybridized carbons (Fsp3) is 0.385. The molecule has 1 aromatic carbocycles. The zero-order valence-electron chi connectivity index (χ0n) is 18.8. The molecule has 0 aliphatic carbocycles. The van der Waals surface area contributed by atoms with Crippen LogP contribution in [0.25, 0.3) is 0 Å². The molecule has 162 valence electrons. The lowest BCUT2D eigenvalue weighted by atomic mass is 10.00. The van der Waals surface area contributed by atoms with Gasteiger partial charge in [0.25, 0.3) is 5.91 Å². The molecule has 1 unspecified atom stereocenters. The van der Waals surface area contributed by atoms with Crippen LogP contribution in [0.1, 0.15) is 52.8 Å². The van der Waals surface area contributed by atoms with Crippen molar-refractivity contribution in [3.8, 4) is 0 Å². The standard InChI is InChI=1S/C26H32N4O/c1-19-7-6-14-29(16-19)17-22-9-11-23(12-10-22)28-26(31)25-15-20(2)30(21(25)3)18-24-8-4-5-13-27-24/h4-5,8-13,15,19H,6-7,14,16-18H2,1-3H3,(H,28,31). The van der Waals surface area contributed by atoms with Crippen LogP contribution >= 0.6 is 0 Å². The molecule has 5 nitrogen and oxygen atoms in total. The monoisotopic (exact) mass is 416 g/mol. The normalized spacial score (nSPS) is 16.9. The number of aryl methyl sites for hydroxylation is 1. The van der Waals surface area contributed by atoms with Gasteiger partial charge in [-0.1, -0.05) is 25.1 Å². The Bertz CT molecular complexity index is 1020. The third kappa shape index (κ3) is 5.23. The lowest BCUT2D eigenvalue weighted by Gasteiger charge is -2.30. The number of likely N-dealkylation sites (tertiary alicyclic amines) is 1. The van der Waals surface area contributed by atoms with Gasteiger partial charge >= 0.3 is 0 Å². The number of anilines is 1. The summed E-state index contributed by atoms with van der Waals surface area (Å²) in [5.74, 6) is 0.710. The number of nitrogens with zero attached hydrogens (tertiary/aromatic N) is 3. The molecule has 1 atom stereocenters. The van der Waals surface area contributed by atoms with E-state index in [1.165, 1.54) is 31.5 Å². The molecule has 1 aliphatic rings. The van der Waals surface area contributed by atoms with Crippen molar-refractivity contribution in [2.75, 3.05) is 18.4 Å². The fourth-order valence-corrected chi connectivity index (χ4v) is 4.51. The zero-order chi connectivity index (χ0) is 21.8. The summed E-state index contributed by atoms with van der Waals surface area (Å²) < 4.78 is 2.14. The van der Waals surface area contributed by atoms with Crippen LogP contribution in [0.5, 0.6) is 0 Å². The van der Waals surface area contributed by atoms with Crippen LogP contribution in [0.4, 0.5) is 5.69 Å². The van der Waals surface area contributed by atoms with Gasteiger partial charge < -0.3 is 9.88 Å². The van der Waals surface area contributed by atoms with Crippen LogP contribution in [-0.2, 0) is 13.1 Å². The molecule has 3 heterocycles. The molecule has 31 heavy (non-hydrogen) atoms. The first-order chi connectivity index (χ1) is 15.0. The highest BCUT2D eigenvalue weighted by Gasteiger charge is 2.18. The second-order valence-electron chi connectivity index (χ2n) is 8.83. The number of piperidine rings is 1. The van der Waals surface area contributed by atoms with Gasteiger partial charge in [0.2, 0.25) is 0 Å². The second-order valence-corrected chi connectivity index (χ2v) is 8.83. The molecular formula is C26H32N4O. The third-order valence-electron chi connectivity index (χ3n) is 6.22. The lowest BCUT2D eigenvalue weighted by molar-refractivity contribution is 0.102. The predicted molar refractivity (Wildman–Crippen MR) is 125 cm³/mol. The number of carbonyl (C=O) groups excluding carboxylic acids is 1. The van der Waals surface area contributed by atoms with Crippen molar-refractivity contribution >= 4 is 11.6 Å². The summed E-state index contributed by atoms with van der Waals surface area (Å²) in [6, 6.07) is 16.1. The average molecular weight is 417 g/mol. The van der Waals surface area contributed by atoms with Crippen molar-refractivity contribution in [1.82, 2.24) is 14.5 Å². The molecule has 2 aromatic heterocycles. The van der Waals surface area contributed by atoms with Gasteiger partial charge in [-0.05, 0) is 75.0 Å². The third-order valence-corrected chi connectivity index (χ3v) is 6.22. The van der Waals surface area contributed by atoms with E-state index in [-0.39, 0.29) is 5.91 Å². The molecule has 5 heteroatoms. The molecule has 4 rings (SSSR count). The van der Waals surface area contributed by atoms with Gasteiger partial charge in [0.1, 0.15) is 0 Å². The van der Waals surface area contributed by atoms with E-state index in [1.807, 2.05) is 50.2 Å². The van der Waals surface area contributed by atoms with Crippen LogP contribution in [0.15, 0.2) is 54.7 Å². The molecular weight excluding hydrogens is 384 g/mol. The number of benzene rings is 1. The first-order valence-corrected chi connectivity index (χ1v) is 11.2. The van der Waals surface area contributed by atoms with Crippen LogP contribution in [0.3, 0.4) is 0 Å². The van der Waals surface area contributed by atoms with E-state index in [4.69, 9.17) is 0 Å². The number of hydrogen-bond acceptors (Lipinski definition) is 3. The zero-order valence-corrected chi connectivity index (χ0v) is 18.8. The van der Waals surface area contributed by atoms with Crippen molar-refractivity contribution in [1.29, 1.82) is 0 Å². The summed E-state index contributed by atoms with van der Waals surface area (Å²) in [7, 11) is 0. The summed E-state index contributed by atoms with van der Waals surface area (Å²) in [6.45, 7) is 10.3. The summed E-state index contributed by atoms with van der Waals surface area (Å²) >= 11 is 0. The highest BCUT2D eigenvalue weighted by atomic mass is 16.1. The minimum absolute atomic E-state index is 0.0713. The van der Waals surface area contributed by atoms with E-state index in [9.17, 15) is 4.79 Å². The number of pyridine rings is 1. The Morgan fingerprint density at radius 1 is 1.13 bits per heavy atom. The SMILES string of the molecule is Cc1cc(C(=O)Nc2ccc(CN3CCCC(C)C3)cc2)c(C)n1Cc1ccccn1. The molecule has 0 bridgehead atoms. The lowest BCUT2D eigenvalue weighted by Crippen LogP contribution is -2.33. The smallest absolute Gasteiger partial charge is 0.257 e. The van der Waals surface area contributed by atoms with E-state index in [0.29, 0.717) is 12.1 Å². The molecule has 1 aliphatic heterocycles. The highest BCUT2D eigenvalue weighted by Crippen LogP contribution is 2.21. The Kier molecular flexibility index (Phi) is 6.52. The Morgan fingerprint density at radius 2 is 1.94 bits per heavy atom. The first-order valence-electron chi connectivity index (χ1n) is 11.2. The number of hydrogen-bond donors (Lipinski definition) is 1. The fourth-order valence-electron chi connectivity index (χ4n) is 4.51. The van der Waals surface area contributed by atoms with Gasteiger partial charge in [0, 0.05) is 36.4 Å². The van der Waals surface area contributed by atoms with Gasteiger partial charge in [-0.3, -0.25) is 14.7 Å². The summed E-state index contributed by atoms with van der Waals surface area (Å²) in [5.41, 5.74) is 5.82. The van der Waals surface area contributed by atoms with Crippen molar-refractivity contribution in [3.63, 3.8) is 0 Å². The molecule has 1 amide bonds. The summed E-state index contributed by atoms with van der Waals surface area (Å²) in [6.07, 6.45) is 4.42. The maximum absolute atomic E-state index is 12.9. The first kappa shape index (κ1) is 21.3.